The van der Waals surface area contributed by atoms with Crippen molar-refractivity contribution in [2.75, 3.05) is 46.4 Å². The monoisotopic (exact) mass is 386 g/mol. The van der Waals surface area contributed by atoms with E-state index in [1.165, 1.54) is 36.8 Å². The summed E-state index contributed by atoms with van der Waals surface area (Å²) in [5, 5.41) is 7.11. The highest BCUT2D eigenvalue weighted by molar-refractivity contribution is 5.79. The first-order chi connectivity index (χ1) is 13.7. The Morgan fingerprint density at radius 3 is 2.71 bits per heavy atom. The molecule has 1 aromatic carbocycles. The number of fused-ring (bicyclic) bond motifs is 1. The first-order valence-electron chi connectivity index (χ1n) is 11.1. The quantitative estimate of drug-likeness (QED) is 0.389. The fourth-order valence-corrected chi connectivity index (χ4v) is 4.64. The lowest BCUT2D eigenvalue weighted by Crippen LogP contribution is -2.46. The van der Waals surface area contributed by atoms with Gasteiger partial charge in [-0.25, -0.2) is 0 Å². The Balaban J connectivity index is 1.40. The van der Waals surface area contributed by atoms with Crippen LogP contribution in [-0.4, -0.2) is 57.3 Å². The van der Waals surface area contributed by atoms with Gasteiger partial charge in [-0.05, 0) is 49.1 Å². The number of rotatable bonds is 9. The minimum Gasteiger partial charge on any atom is -0.382 e. The molecule has 0 radical (unpaired) electrons. The molecule has 1 fully saturated rings. The second kappa shape index (κ2) is 10.8. The summed E-state index contributed by atoms with van der Waals surface area (Å²) < 4.78 is 5.63. The van der Waals surface area contributed by atoms with E-state index >= 15 is 0 Å². The lowest BCUT2D eigenvalue weighted by Gasteiger charge is -2.31. The summed E-state index contributed by atoms with van der Waals surface area (Å²) in [6.45, 7) is 8.94. The van der Waals surface area contributed by atoms with Crippen molar-refractivity contribution < 1.29 is 4.74 Å². The van der Waals surface area contributed by atoms with Crippen LogP contribution in [-0.2, 0) is 17.7 Å². The molecule has 1 aliphatic heterocycles. The third-order valence-corrected chi connectivity index (χ3v) is 6.43. The van der Waals surface area contributed by atoms with Gasteiger partial charge in [-0.3, -0.25) is 9.89 Å². The smallest absolute Gasteiger partial charge is 0.191 e. The Bertz CT molecular complexity index is 625. The number of aliphatic imine (C=N–C) groups is 1. The van der Waals surface area contributed by atoms with Crippen molar-refractivity contribution in [3.05, 3.63) is 35.4 Å². The van der Waals surface area contributed by atoms with Gasteiger partial charge in [-0.2, -0.15) is 0 Å². The minimum atomic E-state index is 0.378. The molecule has 0 saturated heterocycles. The summed E-state index contributed by atoms with van der Waals surface area (Å²) in [6, 6.07) is 8.83. The van der Waals surface area contributed by atoms with Crippen LogP contribution in [0.4, 0.5) is 0 Å². The van der Waals surface area contributed by atoms with Crippen LogP contribution in [0.2, 0.25) is 0 Å². The summed E-state index contributed by atoms with van der Waals surface area (Å²) in [5.41, 5.74) is 3.37. The molecule has 0 atom stereocenters. The predicted octanol–water partition coefficient (Wildman–Crippen LogP) is 3.20. The second-order valence-electron chi connectivity index (χ2n) is 8.30. The molecule has 1 heterocycles. The molecule has 0 unspecified atom stereocenters. The molecule has 1 aliphatic carbocycles. The fourth-order valence-electron chi connectivity index (χ4n) is 4.64. The molecule has 2 aliphatic rings. The summed E-state index contributed by atoms with van der Waals surface area (Å²) in [7, 11) is 1.87. The molecule has 5 nitrogen and oxygen atoms in total. The zero-order chi connectivity index (χ0) is 19.7. The largest absolute Gasteiger partial charge is 0.382 e. The molecular formula is C23H38N4O. The molecule has 2 N–H and O–H groups in total. The summed E-state index contributed by atoms with van der Waals surface area (Å²) in [5.74, 6) is 0.931. The molecule has 1 aromatic rings. The molecule has 5 heteroatoms. The molecule has 0 bridgehead atoms. The van der Waals surface area contributed by atoms with E-state index in [1.807, 2.05) is 7.05 Å². The SMILES string of the molecule is CCOCCC1(CNC(=NC)NCCN2CCc3ccccc3C2)CCCC1. The van der Waals surface area contributed by atoms with Crippen molar-refractivity contribution in [3.63, 3.8) is 0 Å². The van der Waals surface area contributed by atoms with Crippen molar-refractivity contribution in [2.24, 2.45) is 10.4 Å². The summed E-state index contributed by atoms with van der Waals surface area (Å²) in [4.78, 5) is 6.97. The highest BCUT2D eigenvalue weighted by Gasteiger charge is 2.33. The zero-order valence-corrected chi connectivity index (χ0v) is 17.8. The van der Waals surface area contributed by atoms with Crippen molar-refractivity contribution in [1.82, 2.24) is 15.5 Å². The third-order valence-electron chi connectivity index (χ3n) is 6.43. The van der Waals surface area contributed by atoms with E-state index < -0.39 is 0 Å². The van der Waals surface area contributed by atoms with Crippen LogP contribution < -0.4 is 10.6 Å². The van der Waals surface area contributed by atoms with E-state index in [4.69, 9.17) is 4.74 Å². The maximum atomic E-state index is 5.63. The van der Waals surface area contributed by atoms with Gasteiger partial charge in [0.1, 0.15) is 0 Å². The first kappa shape index (κ1) is 21.1. The van der Waals surface area contributed by atoms with Gasteiger partial charge in [-0.1, -0.05) is 37.1 Å². The number of hydrogen-bond donors (Lipinski definition) is 2. The Hall–Kier alpha value is -1.59. The molecule has 28 heavy (non-hydrogen) atoms. The molecule has 1 saturated carbocycles. The van der Waals surface area contributed by atoms with Crippen LogP contribution in [0.25, 0.3) is 0 Å². The van der Waals surface area contributed by atoms with E-state index in [0.717, 1.165) is 64.7 Å². The van der Waals surface area contributed by atoms with Crippen LogP contribution in [0.1, 0.15) is 50.2 Å². The molecule has 0 amide bonds. The van der Waals surface area contributed by atoms with Gasteiger partial charge in [0.25, 0.3) is 0 Å². The standard InChI is InChI=1S/C23H38N4O/c1-3-28-17-13-23(11-6-7-12-23)19-26-22(24-2)25-14-16-27-15-10-20-8-4-5-9-21(20)18-27/h4-5,8-9H,3,6-7,10-19H2,1-2H3,(H2,24,25,26). The Labute approximate surface area is 170 Å². The van der Waals surface area contributed by atoms with Gasteiger partial charge < -0.3 is 15.4 Å². The van der Waals surface area contributed by atoms with Gasteiger partial charge in [-0.15, -0.1) is 0 Å². The van der Waals surface area contributed by atoms with E-state index in [1.54, 1.807) is 0 Å². The van der Waals surface area contributed by atoms with Crippen LogP contribution in [0.15, 0.2) is 29.3 Å². The molecule has 3 rings (SSSR count). The number of nitrogens with one attached hydrogen (secondary N) is 2. The fraction of sp³-hybridized carbons (Fsp3) is 0.696. The van der Waals surface area contributed by atoms with Gasteiger partial charge in [0.15, 0.2) is 5.96 Å². The third kappa shape index (κ3) is 5.95. The van der Waals surface area contributed by atoms with Crippen molar-refractivity contribution in [3.8, 4) is 0 Å². The number of hydrogen-bond acceptors (Lipinski definition) is 3. The van der Waals surface area contributed by atoms with E-state index in [-0.39, 0.29) is 0 Å². The van der Waals surface area contributed by atoms with Gasteiger partial charge in [0.05, 0.1) is 0 Å². The van der Waals surface area contributed by atoms with E-state index in [2.05, 4.69) is 51.7 Å². The topological polar surface area (TPSA) is 48.9 Å². The summed E-state index contributed by atoms with van der Waals surface area (Å²) >= 11 is 0. The van der Waals surface area contributed by atoms with E-state index in [0.29, 0.717) is 5.41 Å². The van der Waals surface area contributed by atoms with E-state index in [9.17, 15) is 0 Å². The Morgan fingerprint density at radius 2 is 1.96 bits per heavy atom. The first-order valence-corrected chi connectivity index (χ1v) is 11.1. The number of benzene rings is 1. The number of ether oxygens (including phenoxy) is 1. The average Bonchev–Trinajstić information content (AvgIpc) is 3.19. The lowest BCUT2D eigenvalue weighted by molar-refractivity contribution is 0.105. The summed E-state index contributed by atoms with van der Waals surface area (Å²) in [6.07, 6.45) is 7.60. The highest BCUT2D eigenvalue weighted by Crippen LogP contribution is 2.40. The Morgan fingerprint density at radius 1 is 1.18 bits per heavy atom. The van der Waals surface area contributed by atoms with Crippen LogP contribution in [0.5, 0.6) is 0 Å². The lowest BCUT2D eigenvalue weighted by atomic mass is 9.83. The molecular weight excluding hydrogens is 348 g/mol. The second-order valence-corrected chi connectivity index (χ2v) is 8.30. The zero-order valence-electron chi connectivity index (χ0n) is 17.8. The average molecular weight is 387 g/mol. The molecule has 0 aromatic heterocycles. The van der Waals surface area contributed by atoms with Gasteiger partial charge >= 0.3 is 0 Å². The van der Waals surface area contributed by atoms with Crippen molar-refractivity contribution >= 4 is 5.96 Å². The molecule has 156 valence electrons. The predicted molar refractivity (Wildman–Crippen MR) is 117 cm³/mol. The van der Waals surface area contributed by atoms with Crippen LogP contribution in [0.3, 0.4) is 0 Å². The number of guanidine groups is 1. The maximum absolute atomic E-state index is 5.63. The normalized spacial score (nSPS) is 19.4. The number of nitrogens with zero attached hydrogens (tertiary/aromatic N) is 2. The molecule has 0 spiro atoms. The van der Waals surface area contributed by atoms with Crippen molar-refractivity contribution in [1.29, 1.82) is 0 Å². The van der Waals surface area contributed by atoms with Gasteiger partial charge in [0, 0.05) is 53.0 Å². The van der Waals surface area contributed by atoms with Crippen LogP contribution in [0, 0.1) is 5.41 Å². The van der Waals surface area contributed by atoms with Crippen molar-refractivity contribution in [2.45, 2.75) is 52.0 Å². The highest BCUT2D eigenvalue weighted by atomic mass is 16.5. The van der Waals surface area contributed by atoms with Gasteiger partial charge in [0.2, 0.25) is 0 Å². The maximum Gasteiger partial charge on any atom is 0.191 e. The Kier molecular flexibility index (Phi) is 8.16. The van der Waals surface area contributed by atoms with Crippen LogP contribution >= 0.6 is 0 Å². The minimum absolute atomic E-state index is 0.378.